The molecule has 0 aliphatic carbocycles. The second-order valence-corrected chi connectivity index (χ2v) is 7.33. The molecule has 0 spiro atoms. The van der Waals surface area contributed by atoms with Crippen LogP contribution in [0.4, 0.5) is 10.1 Å². The van der Waals surface area contributed by atoms with E-state index in [-0.39, 0.29) is 28.0 Å². The third kappa shape index (κ3) is 3.92. The number of benzene rings is 2. The quantitative estimate of drug-likeness (QED) is 0.476. The van der Waals surface area contributed by atoms with Gasteiger partial charge in [0.05, 0.1) is 22.3 Å². The third-order valence-electron chi connectivity index (χ3n) is 4.55. The summed E-state index contributed by atoms with van der Waals surface area (Å²) in [5.41, 5.74) is 0.810. The van der Waals surface area contributed by atoms with Gasteiger partial charge in [0.1, 0.15) is 17.0 Å². The Balaban J connectivity index is 1.79. The minimum Gasteiger partial charge on any atom is -0.320 e. The molecule has 2 heterocycles. The molecule has 1 amide bonds. The fourth-order valence-electron chi connectivity index (χ4n) is 3.08. The van der Waals surface area contributed by atoms with Crippen molar-refractivity contribution in [1.82, 2.24) is 9.55 Å². The van der Waals surface area contributed by atoms with Crippen LogP contribution in [-0.4, -0.2) is 15.5 Å². The molecule has 0 fully saturated rings. The van der Waals surface area contributed by atoms with Crippen LogP contribution in [0.3, 0.4) is 0 Å². The number of hydrogen-bond acceptors (Lipinski definition) is 3. The van der Waals surface area contributed by atoms with Crippen LogP contribution in [0.2, 0.25) is 10.0 Å². The minimum atomic E-state index is -0.622. The van der Waals surface area contributed by atoms with E-state index in [0.29, 0.717) is 22.3 Å². The number of carbonyl (C=O) groups excluding carboxylic acids is 1. The first kappa shape index (κ1) is 20.1. The molecule has 0 atom stereocenters. The zero-order chi connectivity index (χ0) is 21.3. The van der Waals surface area contributed by atoms with E-state index in [1.54, 1.807) is 48.7 Å². The highest BCUT2D eigenvalue weighted by atomic mass is 35.5. The highest BCUT2D eigenvalue weighted by Gasteiger charge is 2.18. The van der Waals surface area contributed by atoms with E-state index >= 15 is 0 Å². The van der Waals surface area contributed by atoms with Gasteiger partial charge in [-0.1, -0.05) is 41.4 Å². The molecule has 8 heteroatoms. The molecule has 1 N–H and O–H groups in total. The van der Waals surface area contributed by atoms with E-state index in [2.05, 4.69) is 10.3 Å². The lowest BCUT2D eigenvalue weighted by atomic mass is 10.1. The molecule has 0 radical (unpaired) electrons. The van der Waals surface area contributed by atoms with Gasteiger partial charge in [-0.05, 0) is 48.0 Å². The predicted octanol–water partition coefficient (Wildman–Crippen LogP) is 5.14. The van der Waals surface area contributed by atoms with Crippen LogP contribution in [0.1, 0.15) is 15.9 Å². The van der Waals surface area contributed by atoms with Gasteiger partial charge in [-0.25, -0.2) is 9.37 Å². The van der Waals surface area contributed by atoms with Gasteiger partial charge < -0.3 is 5.32 Å². The lowest BCUT2D eigenvalue weighted by molar-refractivity contribution is 0.102. The number of pyridine rings is 2. The summed E-state index contributed by atoms with van der Waals surface area (Å²) >= 11 is 12.1. The van der Waals surface area contributed by atoms with Crippen LogP contribution < -0.4 is 10.9 Å². The Bertz CT molecular complexity index is 1320. The van der Waals surface area contributed by atoms with Gasteiger partial charge in [0.15, 0.2) is 0 Å². The van der Waals surface area contributed by atoms with Gasteiger partial charge in [0.25, 0.3) is 11.5 Å². The molecule has 0 unspecified atom stereocenters. The first-order valence-corrected chi connectivity index (χ1v) is 9.68. The highest BCUT2D eigenvalue weighted by Crippen LogP contribution is 2.29. The van der Waals surface area contributed by atoms with Crippen molar-refractivity contribution in [2.45, 2.75) is 6.54 Å². The van der Waals surface area contributed by atoms with E-state index in [9.17, 15) is 14.0 Å². The number of anilines is 1. The van der Waals surface area contributed by atoms with Crippen LogP contribution >= 0.6 is 23.2 Å². The van der Waals surface area contributed by atoms with Gasteiger partial charge >= 0.3 is 0 Å². The molecule has 0 aliphatic rings. The zero-order valence-corrected chi connectivity index (χ0v) is 16.9. The number of carbonyl (C=O) groups is 1. The summed E-state index contributed by atoms with van der Waals surface area (Å²) in [5, 5.41) is 3.71. The number of aromatic nitrogens is 2. The minimum absolute atomic E-state index is 0.0753. The molecule has 5 nitrogen and oxygen atoms in total. The second-order valence-electron chi connectivity index (χ2n) is 6.55. The largest absolute Gasteiger partial charge is 0.320 e. The van der Waals surface area contributed by atoms with Gasteiger partial charge in [-0.3, -0.25) is 14.2 Å². The summed E-state index contributed by atoms with van der Waals surface area (Å²) < 4.78 is 14.6. The molecule has 2 aromatic carbocycles. The monoisotopic (exact) mass is 441 g/mol. The molecular weight excluding hydrogens is 428 g/mol. The molecule has 0 saturated heterocycles. The molecule has 4 rings (SSSR count). The van der Waals surface area contributed by atoms with Gasteiger partial charge in [-0.15, -0.1) is 0 Å². The maximum absolute atomic E-state index is 13.2. The standard InChI is InChI=1S/C22H14Cl2FN3O2/c23-17-4-1-5-18(19(17)24)27-21(29)16-11-14-3-2-10-26-20(14)28(22(16)30)12-13-6-8-15(25)9-7-13/h1-11H,12H2,(H,27,29). The first-order chi connectivity index (χ1) is 14.4. The maximum Gasteiger partial charge on any atom is 0.265 e. The Morgan fingerprint density at radius 3 is 2.60 bits per heavy atom. The Hall–Kier alpha value is -3.22. The van der Waals surface area contributed by atoms with Gasteiger partial charge in [0.2, 0.25) is 0 Å². The topological polar surface area (TPSA) is 64.0 Å². The van der Waals surface area contributed by atoms with Crippen molar-refractivity contribution in [3.05, 3.63) is 104 Å². The van der Waals surface area contributed by atoms with Crippen LogP contribution in [0, 0.1) is 5.82 Å². The van der Waals surface area contributed by atoms with E-state index in [1.807, 2.05) is 0 Å². The highest BCUT2D eigenvalue weighted by molar-refractivity contribution is 6.44. The van der Waals surface area contributed by atoms with E-state index in [4.69, 9.17) is 23.2 Å². The predicted molar refractivity (Wildman–Crippen MR) is 116 cm³/mol. The molecule has 2 aromatic heterocycles. The molecule has 4 aromatic rings. The van der Waals surface area contributed by atoms with Crippen LogP contribution in [0.25, 0.3) is 11.0 Å². The Kier molecular flexibility index (Phi) is 5.53. The molecule has 150 valence electrons. The van der Waals surface area contributed by atoms with Crippen molar-refractivity contribution in [2.24, 2.45) is 0 Å². The lowest BCUT2D eigenvalue weighted by Gasteiger charge is -2.13. The van der Waals surface area contributed by atoms with Crippen molar-refractivity contribution in [3.8, 4) is 0 Å². The normalized spacial score (nSPS) is 10.9. The summed E-state index contributed by atoms with van der Waals surface area (Å²) in [7, 11) is 0. The summed E-state index contributed by atoms with van der Waals surface area (Å²) in [6.45, 7) is 0.131. The number of nitrogens with zero attached hydrogens (tertiary/aromatic N) is 2. The average Bonchev–Trinajstić information content (AvgIpc) is 2.74. The van der Waals surface area contributed by atoms with E-state index in [1.165, 1.54) is 22.8 Å². The molecule has 0 aliphatic heterocycles. The Labute approximate surface area is 180 Å². The van der Waals surface area contributed by atoms with Crippen molar-refractivity contribution >= 4 is 45.8 Å². The number of hydrogen-bond donors (Lipinski definition) is 1. The van der Waals surface area contributed by atoms with Crippen molar-refractivity contribution in [2.75, 3.05) is 5.32 Å². The summed E-state index contributed by atoms with van der Waals surface area (Å²) in [5.74, 6) is -0.997. The Morgan fingerprint density at radius 1 is 1.07 bits per heavy atom. The summed E-state index contributed by atoms with van der Waals surface area (Å²) in [4.78, 5) is 30.3. The molecule has 0 saturated carbocycles. The average molecular weight is 442 g/mol. The molecule has 30 heavy (non-hydrogen) atoms. The number of halogens is 3. The second kappa shape index (κ2) is 8.26. The van der Waals surface area contributed by atoms with Crippen LogP contribution in [0.5, 0.6) is 0 Å². The number of fused-ring (bicyclic) bond motifs is 1. The molecule has 0 bridgehead atoms. The van der Waals surface area contributed by atoms with E-state index < -0.39 is 11.5 Å². The van der Waals surface area contributed by atoms with Gasteiger partial charge in [-0.2, -0.15) is 0 Å². The fourth-order valence-corrected chi connectivity index (χ4v) is 3.43. The van der Waals surface area contributed by atoms with E-state index in [0.717, 1.165) is 0 Å². The van der Waals surface area contributed by atoms with Crippen molar-refractivity contribution in [1.29, 1.82) is 0 Å². The zero-order valence-electron chi connectivity index (χ0n) is 15.4. The number of amides is 1. The van der Waals surface area contributed by atoms with Crippen molar-refractivity contribution < 1.29 is 9.18 Å². The Morgan fingerprint density at radius 2 is 1.83 bits per heavy atom. The SMILES string of the molecule is O=C(Nc1cccc(Cl)c1Cl)c1cc2cccnc2n(Cc2ccc(F)cc2)c1=O. The third-order valence-corrected chi connectivity index (χ3v) is 5.37. The molecular formula is C22H14Cl2FN3O2. The van der Waals surface area contributed by atoms with Gasteiger partial charge in [0, 0.05) is 11.6 Å². The van der Waals surface area contributed by atoms with Crippen molar-refractivity contribution in [3.63, 3.8) is 0 Å². The lowest BCUT2D eigenvalue weighted by Crippen LogP contribution is -2.30. The summed E-state index contributed by atoms with van der Waals surface area (Å²) in [6, 6.07) is 15.6. The van der Waals surface area contributed by atoms with Crippen LogP contribution in [0.15, 0.2) is 71.7 Å². The smallest absolute Gasteiger partial charge is 0.265 e. The number of rotatable bonds is 4. The van der Waals surface area contributed by atoms with Crippen LogP contribution in [-0.2, 0) is 6.54 Å². The summed E-state index contributed by atoms with van der Waals surface area (Å²) in [6.07, 6.45) is 1.56. The number of nitrogens with one attached hydrogen (secondary N) is 1. The maximum atomic E-state index is 13.2. The first-order valence-electron chi connectivity index (χ1n) is 8.92. The fraction of sp³-hybridized carbons (Fsp3) is 0.0455.